The number of rotatable bonds is 9. The summed E-state index contributed by atoms with van der Waals surface area (Å²) in [5.74, 6) is 0. The van der Waals surface area contributed by atoms with E-state index in [-0.39, 0.29) is 5.41 Å². The molecule has 17 rings (SSSR count). The summed E-state index contributed by atoms with van der Waals surface area (Å²) in [4.78, 5) is 2.42. The summed E-state index contributed by atoms with van der Waals surface area (Å²) in [5, 5.41) is 2.43. The Balaban J connectivity index is 0.801. The average Bonchev–Trinajstić information content (AvgIpc) is 1.56. The molecule has 1 spiro atoms. The minimum atomic E-state index is -0.529. The highest BCUT2D eigenvalue weighted by Crippen LogP contribution is 2.64. The molecular weight excluding hydrogens is 1040 g/mol. The molecule has 0 bridgehead atoms. The average molecular weight is 1100 g/mol. The number of benzene rings is 13. The number of fused-ring (bicyclic) bond motifs is 16. The van der Waals surface area contributed by atoms with Crippen LogP contribution in [0.4, 0.5) is 17.1 Å². The third kappa shape index (κ3) is 7.33. The zero-order chi connectivity index (χ0) is 57.3. The third-order valence-corrected chi connectivity index (χ3v) is 19.2. The Kier molecular flexibility index (Phi) is 11.1. The minimum absolute atomic E-state index is 0.131. The second kappa shape index (κ2) is 19.1. The molecule has 0 saturated carbocycles. The van der Waals surface area contributed by atoms with Crippen LogP contribution in [0.15, 0.2) is 304 Å². The molecule has 404 valence electrons. The molecule has 0 aliphatic heterocycles. The number of hydrogen-bond acceptors (Lipinski definition) is 1. The molecule has 0 radical (unpaired) electrons. The first-order valence-corrected chi connectivity index (χ1v) is 30.0. The summed E-state index contributed by atoms with van der Waals surface area (Å²) in [5.41, 5.74) is 32.6. The quantitative estimate of drug-likeness (QED) is 0.140. The molecule has 1 heterocycles. The van der Waals surface area contributed by atoms with Crippen LogP contribution in [0.5, 0.6) is 0 Å². The van der Waals surface area contributed by atoms with Crippen molar-refractivity contribution in [2.75, 3.05) is 4.90 Å². The Labute approximate surface area is 502 Å². The van der Waals surface area contributed by atoms with Crippen molar-refractivity contribution in [2.45, 2.75) is 24.7 Å². The molecule has 0 amide bonds. The van der Waals surface area contributed by atoms with Gasteiger partial charge in [0.25, 0.3) is 0 Å². The van der Waals surface area contributed by atoms with Crippen molar-refractivity contribution in [3.8, 4) is 83.6 Å². The molecule has 0 saturated heterocycles. The molecule has 0 N–H and O–H groups in total. The van der Waals surface area contributed by atoms with Gasteiger partial charge in [0.15, 0.2) is 0 Å². The number of hydrogen-bond donors (Lipinski definition) is 0. The van der Waals surface area contributed by atoms with Crippen LogP contribution in [0.1, 0.15) is 52.8 Å². The normalized spacial score (nSPS) is 14.6. The lowest BCUT2D eigenvalue weighted by Gasteiger charge is -2.31. The van der Waals surface area contributed by atoms with E-state index in [4.69, 9.17) is 0 Å². The van der Waals surface area contributed by atoms with E-state index in [1.807, 2.05) is 6.08 Å². The van der Waals surface area contributed by atoms with E-state index >= 15 is 0 Å². The lowest BCUT2D eigenvalue weighted by atomic mass is 9.70. The highest BCUT2D eigenvalue weighted by molar-refractivity contribution is 6.15. The van der Waals surface area contributed by atoms with Gasteiger partial charge in [0.2, 0.25) is 0 Å². The van der Waals surface area contributed by atoms with E-state index in [1.165, 1.54) is 128 Å². The van der Waals surface area contributed by atoms with Crippen molar-refractivity contribution in [2.24, 2.45) is 0 Å². The molecule has 2 nitrogen and oxygen atoms in total. The topological polar surface area (TPSA) is 8.17 Å². The summed E-state index contributed by atoms with van der Waals surface area (Å²) in [6.07, 6.45) is 1.94. The van der Waals surface area contributed by atoms with Crippen LogP contribution < -0.4 is 4.90 Å². The standard InChI is InChI=1S/C84H58N2/c1-4-54-19-17-22-58(49-54)60-37-45-71-68-26-12-15-31-76(68)84(79(71)51-60)77-32-16-13-27-69(77)72-46-38-61(52-80(72)84)66-28-18-29-73-74-50-59(39-48-81(74)86(82(66)73)62-23-9-6-10-24-62)57-35-42-64(43-36-57)85(63-40-33-56(34-41-63)55-20-7-5-8-21-55)65-44-47-70-67-25-11-14-30-75(67)83(2,3)78(70)53-65/h4-53H,1H2,2-3H3. The maximum absolute atomic E-state index is 4.10. The van der Waals surface area contributed by atoms with Crippen molar-refractivity contribution in [3.05, 3.63) is 343 Å². The van der Waals surface area contributed by atoms with E-state index in [0.717, 1.165) is 33.9 Å². The zero-order valence-corrected chi connectivity index (χ0v) is 48.0. The maximum atomic E-state index is 4.10. The van der Waals surface area contributed by atoms with Gasteiger partial charge in [0.1, 0.15) is 0 Å². The Morgan fingerprint density at radius 1 is 0.314 bits per heavy atom. The van der Waals surface area contributed by atoms with Gasteiger partial charge >= 0.3 is 0 Å². The van der Waals surface area contributed by atoms with E-state index in [0.29, 0.717) is 0 Å². The molecule has 0 fully saturated rings. The van der Waals surface area contributed by atoms with Crippen molar-refractivity contribution in [1.29, 1.82) is 0 Å². The van der Waals surface area contributed by atoms with Crippen molar-refractivity contribution >= 4 is 44.9 Å². The number of anilines is 3. The van der Waals surface area contributed by atoms with E-state index in [1.54, 1.807) is 0 Å². The Morgan fingerprint density at radius 2 is 0.767 bits per heavy atom. The first-order chi connectivity index (χ1) is 42.3. The molecule has 13 aromatic carbocycles. The molecule has 1 aromatic heterocycles. The van der Waals surface area contributed by atoms with Gasteiger partial charge in [-0.25, -0.2) is 0 Å². The smallest absolute Gasteiger partial charge is 0.0725 e. The van der Waals surface area contributed by atoms with Gasteiger partial charge < -0.3 is 9.47 Å². The van der Waals surface area contributed by atoms with Crippen molar-refractivity contribution < 1.29 is 0 Å². The van der Waals surface area contributed by atoms with Gasteiger partial charge in [-0.1, -0.05) is 245 Å². The Morgan fingerprint density at radius 3 is 1.44 bits per heavy atom. The van der Waals surface area contributed by atoms with E-state index in [2.05, 4.69) is 327 Å². The van der Waals surface area contributed by atoms with Gasteiger partial charge in [-0.2, -0.15) is 0 Å². The van der Waals surface area contributed by atoms with Crippen LogP contribution in [0.2, 0.25) is 0 Å². The predicted octanol–water partition coefficient (Wildman–Crippen LogP) is 22.2. The highest BCUT2D eigenvalue weighted by Gasteiger charge is 2.52. The Hall–Kier alpha value is -10.8. The van der Waals surface area contributed by atoms with E-state index in [9.17, 15) is 0 Å². The number of nitrogens with zero attached hydrogens (tertiary/aromatic N) is 2. The van der Waals surface area contributed by atoms with Gasteiger partial charge in [0.05, 0.1) is 16.4 Å². The van der Waals surface area contributed by atoms with Gasteiger partial charge in [0, 0.05) is 44.5 Å². The van der Waals surface area contributed by atoms with Crippen LogP contribution in [0, 0.1) is 0 Å². The molecular formula is C84H58N2. The Bertz CT molecular complexity index is 5070. The van der Waals surface area contributed by atoms with Crippen LogP contribution >= 0.6 is 0 Å². The second-order valence-electron chi connectivity index (χ2n) is 24.0. The molecule has 1 atom stereocenters. The zero-order valence-electron chi connectivity index (χ0n) is 48.0. The summed E-state index contributed by atoms with van der Waals surface area (Å²) in [6.45, 7) is 8.83. The monoisotopic (exact) mass is 1090 g/mol. The van der Waals surface area contributed by atoms with E-state index < -0.39 is 5.41 Å². The maximum Gasteiger partial charge on any atom is 0.0725 e. The molecule has 3 aliphatic rings. The van der Waals surface area contributed by atoms with Crippen LogP contribution in [0.3, 0.4) is 0 Å². The molecule has 14 aromatic rings. The number of aromatic nitrogens is 1. The molecule has 86 heavy (non-hydrogen) atoms. The lowest BCUT2D eigenvalue weighted by molar-refractivity contribution is 0.660. The van der Waals surface area contributed by atoms with Gasteiger partial charge in [-0.05, 0) is 190 Å². The van der Waals surface area contributed by atoms with Crippen molar-refractivity contribution in [3.63, 3.8) is 0 Å². The van der Waals surface area contributed by atoms with Crippen molar-refractivity contribution in [1.82, 2.24) is 4.57 Å². The molecule has 2 heteroatoms. The minimum Gasteiger partial charge on any atom is -0.310 e. The fourth-order valence-corrected chi connectivity index (χ4v) is 15.2. The summed E-state index contributed by atoms with van der Waals surface area (Å²) in [7, 11) is 0. The SMILES string of the molecule is C=Cc1cccc(-c2ccc3c(c2)C2(c4ccccc4-3)c3ccccc3-c3ccc(-c4cccc5c6cc(-c7ccc(N(c8ccc(-c9ccccc9)cc8)c8ccc9c(c8)C(C)(C)c8ccccc8-9)cc7)ccc6n(-c6ccccc6)c45)cc32)c1. The second-order valence-corrected chi connectivity index (χ2v) is 24.0. The lowest BCUT2D eigenvalue weighted by Crippen LogP contribution is -2.26. The molecule has 1 unspecified atom stereocenters. The van der Waals surface area contributed by atoms with Gasteiger partial charge in [-0.15, -0.1) is 0 Å². The summed E-state index contributed by atoms with van der Waals surface area (Å²) < 4.78 is 2.49. The summed E-state index contributed by atoms with van der Waals surface area (Å²) in [6, 6.07) is 111. The first-order valence-electron chi connectivity index (χ1n) is 30.0. The summed E-state index contributed by atoms with van der Waals surface area (Å²) >= 11 is 0. The van der Waals surface area contributed by atoms with Gasteiger partial charge in [-0.3, -0.25) is 0 Å². The number of para-hydroxylation sites is 2. The van der Waals surface area contributed by atoms with Crippen LogP contribution in [-0.4, -0.2) is 4.57 Å². The largest absolute Gasteiger partial charge is 0.310 e. The van der Waals surface area contributed by atoms with Crippen LogP contribution in [-0.2, 0) is 10.8 Å². The fraction of sp³-hybridized carbons (Fsp3) is 0.0476. The molecule has 3 aliphatic carbocycles. The third-order valence-electron chi connectivity index (χ3n) is 19.2. The fourth-order valence-electron chi connectivity index (χ4n) is 15.2. The van der Waals surface area contributed by atoms with Crippen LogP contribution in [0.25, 0.3) is 111 Å². The first kappa shape index (κ1) is 49.8. The highest BCUT2D eigenvalue weighted by atomic mass is 15.1. The predicted molar refractivity (Wildman–Crippen MR) is 361 cm³/mol.